The lowest BCUT2D eigenvalue weighted by molar-refractivity contribution is -0.139. The highest BCUT2D eigenvalue weighted by atomic mass is 19.3. The molecule has 17 heavy (non-hydrogen) atoms. The Bertz CT molecular complexity index is 470. The summed E-state index contributed by atoms with van der Waals surface area (Å²) < 4.78 is 34.3. The van der Waals surface area contributed by atoms with Crippen molar-refractivity contribution >= 4 is 5.97 Å². The van der Waals surface area contributed by atoms with Crippen molar-refractivity contribution in [3.63, 3.8) is 0 Å². The molecular formula is C10H11F2NO4. The van der Waals surface area contributed by atoms with Gasteiger partial charge in [0.15, 0.2) is 5.75 Å². The van der Waals surface area contributed by atoms with E-state index in [0.29, 0.717) is 0 Å². The predicted octanol–water partition coefficient (Wildman–Crippen LogP) is 1.04. The first-order valence-corrected chi connectivity index (χ1v) is 4.64. The second-order valence-electron chi connectivity index (χ2n) is 3.13. The Morgan fingerprint density at radius 3 is 2.59 bits per heavy atom. The summed E-state index contributed by atoms with van der Waals surface area (Å²) in [6, 6.07) is 0. The quantitative estimate of drug-likeness (QED) is 0.807. The number of carbonyl (C=O) groups is 1. The van der Waals surface area contributed by atoms with Gasteiger partial charge in [-0.1, -0.05) is 0 Å². The Morgan fingerprint density at radius 1 is 1.47 bits per heavy atom. The number of nitrogens with one attached hydrogen (secondary N) is 1. The number of ether oxygens (including phenoxy) is 2. The molecule has 0 spiro atoms. The molecule has 0 saturated heterocycles. The van der Waals surface area contributed by atoms with Gasteiger partial charge in [0, 0.05) is 11.8 Å². The normalized spacial score (nSPS) is 10.4. The van der Waals surface area contributed by atoms with Gasteiger partial charge in [-0.3, -0.25) is 9.59 Å². The molecule has 0 saturated carbocycles. The summed E-state index contributed by atoms with van der Waals surface area (Å²) in [7, 11) is 2.34. The van der Waals surface area contributed by atoms with Crippen LogP contribution in [0.4, 0.5) is 8.78 Å². The molecule has 0 aromatic carbocycles. The van der Waals surface area contributed by atoms with Crippen molar-refractivity contribution in [3.05, 3.63) is 27.7 Å². The number of esters is 1. The van der Waals surface area contributed by atoms with Crippen molar-refractivity contribution in [2.75, 3.05) is 14.2 Å². The third-order valence-electron chi connectivity index (χ3n) is 2.17. The average Bonchev–Trinajstić information content (AvgIpc) is 2.30. The number of alkyl halides is 2. The molecule has 94 valence electrons. The number of aromatic amines is 1. The fourth-order valence-corrected chi connectivity index (χ4v) is 1.31. The van der Waals surface area contributed by atoms with E-state index in [1.54, 1.807) is 0 Å². The lowest BCUT2D eigenvalue weighted by Gasteiger charge is -2.09. The summed E-state index contributed by atoms with van der Waals surface area (Å²) >= 11 is 0. The van der Waals surface area contributed by atoms with Gasteiger partial charge in [0.1, 0.15) is 0 Å². The van der Waals surface area contributed by atoms with Gasteiger partial charge < -0.3 is 14.5 Å². The molecule has 0 aliphatic heterocycles. The number of methoxy groups -OCH3 is 2. The molecule has 1 heterocycles. The Hall–Kier alpha value is -1.92. The van der Waals surface area contributed by atoms with E-state index in [2.05, 4.69) is 9.72 Å². The number of hydrogen-bond donors (Lipinski definition) is 1. The van der Waals surface area contributed by atoms with Gasteiger partial charge in [-0.05, 0) is 0 Å². The van der Waals surface area contributed by atoms with E-state index < -0.39 is 29.9 Å². The highest BCUT2D eigenvalue weighted by molar-refractivity contribution is 5.72. The molecule has 0 unspecified atom stereocenters. The molecule has 1 rings (SSSR count). The molecule has 0 aliphatic rings. The minimum atomic E-state index is -2.88. The number of aromatic nitrogens is 1. The molecule has 0 amide bonds. The molecule has 0 fully saturated rings. The molecule has 0 radical (unpaired) electrons. The molecule has 7 heteroatoms. The molecular weight excluding hydrogens is 236 g/mol. The average molecular weight is 247 g/mol. The van der Waals surface area contributed by atoms with Crippen molar-refractivity contribution in [2.45, 2.75) is 12.8 Å². The molecule has 1 aromatic rings. The maximum absolute atomic E-state index is 12.6. The van der Waals surface area contributed by atoms with Crippen molar-refractivity contribution in [2.24, 2.45) is 0 Å². The zero-order chi connectivity index (χ0) is 13.0. The Morgan fingerprint density at radius 2 is 2.12 bits per heavy atom. The predicted molar refractivity (Wildman–Crippen MR) is 54.3 cm³/mol. The standard InChI is InChI=1S/C10H11F2NO4/c1-16-6-4-13-8(10(11)12)5(9(6)15)3-7(14)17-2/h4,10H,3H2,1-2H3,(H,13,15). The van der Waals surface area contributed by atoms with Crippen LogP contribution < -0.4 is 10.2 Å². The fraction of sp³-hybridized carbons (Fsp3) is 0.400. The number of halogens is 2. The topological polar surface area (TPSA) is 68.4 Å². The number of rotatable bonds is 4. The van der Waals surface area contributed by atoms with Crippen LogP contribution in [-0.2, 0) is 16.0 Å². The third-order valence-corrected chi connectivity index (χ3v) is 2.17. The zero-order valence-corrected chi connectivity index (χ0v) is 9.25. The monoisotopic (exact) mass is 247 g/mol. The zero-order valence-electron chi connectivity index (χ0n) is 9.25. The smallest absolute Gasteiger partial charge is 0.310 e. The minimum absolute atomic E-state index is 0.131. The van der Waals surface area contributed by atoms with E-state index in [4.69, 9.17) is 4.74 Å². The van der Waals surface area contributed by atoms with Crippen molar-refractivity contribution in [1.29, 1.82) is 0 Å². The SMILES string of the molecule is COC(=O)Cc1c(C(F)F)[nH]cc(OC)c1=O. The summed E-state index contributed by atoms with van der Waals surface area (Å²) in [5.74, 6) is -0.904. The summed E-state index contributed by atoms with van der Waals surface area (Å²) in [4.78, 5) is 25.0. The molecule has 0 atom stereocenters. The van der Waals surface area contributed by atoms with Gasteiger partial charge in [0.05, 0.1) is 26.3 Å². The maximum atomic E-state index is 12.6. The van der Waals surface area contributed by atoms with Crippen LogP contribution in [0.3, 0.4) is 0 Å². The minimum Gasteiger partial charge on any atom is -0.491 e. The van der Waals surface area contributed by atoms with Gasteiger partial charge >= 0.3 is 5.97 Å². The number of carbonyl (C=O) groups excluding carboxylic acids is 1. The summed E-state index contributed by atoms with van der Waals surface area (Å²) in [5, 5.41) is 0. The third kappa shape index (κ3) is 2.80. The van der Waals surface area contributed by atoms with Gasteiger partial charge in [0.25, 0.3) is 6.43 Å². The Balaban J connectivity index is 3.30. The Kier molecular flexibility index (Phi) is 4.19. The van der Waals surface area contributed by atoms with Crippen LogP contribution in [0.2, 0.25) is 0 Å². The summed E-state index contributed by atoms with van der Waals surface area (Å²) in [5.41, 5.74) is -1.68. The van der Waals surface area contributed by atoms with E-state index in [9.17, 15) is 18.4 Å². The number of H-pyrrole nitrogens is 1. The van der Waals surface area contributed by atoms with E-state index >= 15 is 0 Å². The van der Waals surface area contributed by atoms with Crippen molar-refractivity contribution in [1.82, 2.24) is 4.98 Å². The fourth-order valence-electron chi connectivity index (χ4n) is 1.31. The van der Waals surface area contributed by atoms with E-state index in [1.165, 1.54) is 7.11 Å². The van der Waals surface area contributed by atoms with Gasteiger partial charge in [-0.2, -0.15) is 0 Å². The van der Waals surface area contributed by atoms with E-state index in [1.807, 2.05) is 0 Å². The highest BCUT2D eigenvalue weighted by Gasteiger charge is 2.21. The lowest BCUT2D eigenvalue weighted by Crippen LogP contribution is -2.20. The van der Waals surface area contributed by atoms with E-state index in [0.717, 1.165) is 13.3 Å². The van der Waals surface area contributed by atoms with Crippen LogP contribution >= 0.6 is 0 Å². The van der Waals surface area contributed by atoms with Crippen LogP contribution in [-0.4, -0.2) is 25.2 Å². The molecule has 0 aliphatic carbocycles. The highest BCUT2D eigenvalue weighted by Crippen LogP contribution is 2.20. The Labute approximate surface area is 95.4 Å². The molecule has 1 N–H and O–H groups in total. The first-order chi connectivity index (χ1) is 8.01. The number of pyridine rings is 1. The second-order valence-corrected chi connectivity index (χ2v) is 3.13. The summed E-state index contributed by atoms with van der Waals surface area (Å²) in [6.45, 7) is 0. The largest absolute Gasteiger partial charge is 0.491 e. The first-order valence-electron chi connectivity index (χ1n) is 4.64. The van der Waals surface area contributed by atoms with Crippen LogP contribution in [0.25, 0.3) is 0 Å². The van der Waals surface area contributed by atoms with Gasteiger partial charge in [0.2, 0.25) is 5.43 Å². The van der Waals surface area contributed by atoms with Crippen LogP contribution in [0.5, 0.6) is 5.75 Å². The van der Waals surface area contributed by atoms with Crippen LogP contribution in [0, 0.1) is 0 Å². The van der Waals surface area contributed by atoms with Crippen LogP contribution in [0.1, 0.15) is 17.7 Å². The van der Waals surface area contributed by atoms with E-state index in [-0.39, 0.29) is 11.3 Å². The molecule has 5 nitrogen and oxygen atoms in total. The number of hydrogen-bond acceptors (Lipinski definition) is 4. The maximum Gasteiger partial charge on any atom is 0.310 e. The lowest BCUT2D eigenvalue weighted by atomic mass is 10.1. The molecule has 0 bridgehead atoms. The van der Waals surface area contributed by atoms with Crippen molar-refractivity contribution in [3.8, 4) is 5.75 Å². The first kappa shape index (κ1) is 13.1. The van der Waals surface area contributed by atoms with Gasteiger partial charge in [-0.15, -0.1) is 0 Å². The summed E-state index contributed by atoms with van der Waals surface area (Å²) in [6.07, 6.45) is -2.37. The van der Waals surface area contributed by atoms with Crippen molar-refractivity contribution < 1.29 is 23.0 Å². The second kappa shape index (κ2) is 5.42. The molecule has 1 aromatic heterocycles. The van der Waals surface area contributed by atoms with Crippen LogP contribution in [0.15, 0.2) is 11.0 Å². The van der Waals surface area contributed by atoms with Gasteiger partial charge in [-0.25, -0.2) is 8.78 Å².